The third-order valence-corrected chi connectivity index (χ3v) is 3.87. The Labute approximate surface area is 112 Å². The summed E-state index contributed by atoms with van der Waals surface area (Å²) >= 11 is 0. The lowest BCUT2D eigenvalue weighted by molar-refractivity contribution is 0.653. The van der Waals surface area contributed by atoms with E-state index in [4.69, 9.17) is 0 Å². The van der Waals surface area contributed by atoms with Crippen molar-refractivity contribution in [2.24, 2.45) is 0 Å². The predicted octanol–water partition coefficient (Wildman–Crippen LogP) is 1.71. The molecule has 0 spiro atoms. The second-order valence-electron chi connectivity index (χ2n) is 5.72. The maximum atomic E-state index is 4.46. The summed E-state index contributed by atoms with van der Waals surface area (Å²) in [5.41, 5.74) is 2.41. The molecule has 5 heteroatoms. The summed E-state index contributed by atoms with van der Waals surface area (Å²) in [5.74, 6) is 0. The molecule has 4 rings (SSSR count). The molecule has 0 saturated heterocycles. The Morgan fingerprint density at radius 2 is 2.11 bits per heavy atom. The van der Waals surface area contributed by atoms with E-state index in [-0.39, 0.29) is 0 Å². The normalized spacial score (nSPS) is 18.9. The van der Waals surface area contributed by atoms with Crippen molar-refractivity contribution in [2.45, 2.75) is 50.9 Å². The van der Waals surface area contributed by atoms with E-state index >= 15 is 0 Å². The molecule has 2 aromatic rings. The lowest BCUT2D eigenvalue weighted by Crippen LogP contribution is -2.15. The van der Waals surface area contributed by atoms with Crippen molar-refractivity contribution in [1.29, 1.82) is 0 Å². The largest absolute Gasteiger partial charge is 0.331 e. The molecule has 19 heavy (non-hydrogen) atoms. The summed E-state index contributed by atoms with van der Waals surface area (Å²) in [4.78, 5) is 8.73. The molecule has 0 aliphatic heterocycles. The minimum Gasteiger partial charge on any atom is -0.331 e. The first kappa shape index (κ1) is 11.2. The molecule has 2 aliphatic rings. The van der Waals surface area contributed by atoms with E-state index in [0.717, 1.165) is 24.8 Å². The van der Waals surface area contributed by atoms with E-state index < -0.39 is 0 Å². The van der Waals surface area contributed by atoms with Crippen LogP contribution in [0, 0.1) is 0 Å². The summed E-state index contributed by atoms with van der Waals surface area (Å²) in [6, 6.07) is 1.43. The first-order valence-corrected chi connectivity index (χ1v) is 7.13. The van der Waals surface area contributed by atoms with Crippen molar-refractivity contribution >= 4 is 0 Å². The van der Waals surface area contributed by atoms with Crippen LogP contribution in [0.4, 0.5) is 0 Å². The highest BCUT2D eigenvalue weighted by molar-refractivity contribution is 5.06. The molecule has 2 aromatic heterocycles. The van der Waals surface area contributed by atoms with Crippen LogP contribution in [0.25, 0.3) is 0 Å². The van der Waals surface area contributed by atoms with Gasteiger partial charge in [-0.2, -0.15) is 0 Å². The Morgan fingerprint density at radius 1 is 1.21 bits per heavy atom. The maximum Gasteiger partial charge on any atom is 0.0953 e. The number of aromatic nitrogens is 4. The van der Waals surface area contributed by atoms with E-state index in [1.54, 1.807) is 0 Å². The van der Waals surface area contributed by atoms with Crippen molar-refractivity contribution in [2.75, 3.05) is 0 Å². The highest BCUT2D eigenvalue weighted by Gasteiger charge is 2.25. The Morgan fingerprint density at radius 3 is 2.89 bits per heavy atom. The van der Waals surface area contributed by atoms with E-state index in [9.17, 15) is 0 Å². The monoisotopic (exact) mass is 257 g/mol. The van der Waals surface area contributed by atoms with Gasteiger partial charge in [0.25, 0.3) is 0 Å². The van der Waals surface area contributed by atoms with Crippen LogP contribution >= 0.6 is 0 Å². The lowest BCUT2D eigenvalue weighted by atomic mass is 10.4. The summed E-state index contributed by atoms with van der Waals surface area (Å²) in [5, 5.41) is 3.49. The zero-order chi connectivity index (χ0) is 12.7. The van der Waals surface area contributed by atoms with Crippen LogP contribution in [0.5, 0.6) is 0 Å². The molecule has 5 nitrogen and oxygen atoms in total. The summed E-state index contributed by atoms with van der Waals surface area (Å²) in [6.07, 6.45) is 13.2. The molecule has 0 amide bonds. The van der Waals surface area contributed by atoms with Gasteiger partial charge in [-0.15, -0.1) is 0 Å². The van der Waals surface area contributed by atoms with Crippen LogP contribution in [0.1, 0.15) is 43.1 Å². The lowest BCUT2D eigenvalue weighted by Gasteiger charge is -2.06. The minimum atomic E-state index is 0.692. The van der Waals surface area contributed by atoms with Crippen LogP contribution in [0.15, 0.2) is 25.0 Å². The van der Waals surface area contributed by atoms with Crippen molar-refractivity contribution in [1.82, 2.24) is 24.4 Å². The van der Waals surface area contributed by atoms with Gasteiger partial charge in [0.2, 0.25) is 0 Å². The maximum absolute atomic E-state index is 4.46. The fraction of sp³-hybridized carbons (Fsp3) is 0.571. The quantitative estimate of drug-likeness (QED) is 0.857. The van der Waals surface area contributed by atoms with E-state index in [1.165, 1.54) is 31.4 Å². The van der Waals surface area contributed by atoms with Crippen LogP contribution in [-0.4, -0.2) is 25.1 Å². The molecule has 2 aliphatic carbocycles. The number of rotatable bonds is 6. The molecule has 2 fully saturated rings. The van der Waals surface area contributed by atoms with Crippen LogP contribution in [-0.2, 0) is 13.1 Å². The van der Waals surface area contributed by atoms with Gasteiger partial charge in [-0.3, -0.25) is 0 Å². The molecule has 0 bridgehead atoms. The van der Waals surface area contributed by atoms with Gasteiger partial charge in [-0.25, -0.2) is 9.97 Å². The summed E-state index contributed by atoms with van der Waals surface area (Å²) in [6.45, 7) is 1.76. The van der Waals surface area contributed by atoms with Crippen molar-refractivity contribution in [3.05, 3.63) is 36.4 Å². The molecular weight excluding hydrogens is 238 g/mol. The standard InChI is InChI=1S/C14H19N5/c1-2-11(1)16-5-12-7-18(10-17-12)8-14-6-15-9-19(14)13-3-4-13/h6-7,9-11,13,16H,1-5,8H2. The molecule has 100 valence electrons. The Balaban J connectivity index is 1.42. The second-order valence-corrected chi connectivity index (χ2v) is 5.72. The van der Waals surface area contributed by atoms with Crippen molar-refractivity contribution < 1.29 is 0 Å². The Bertz CT molecular complexity index is 562. The van der Waals surface area contributed by atoms with Crippen LogP contribution in [0.3, 0.4) is 0 Å². The highest BCUT2D eigenvalue weighted by Crippen LogP contribution is 2.35. The van der Waals surface area contributed by atoms with Gasteiger partial charge in [0.15, 0.2) is 0 Å². The fourth-order valence-corrected chi connectivity index (χ4v) is 2.44. The average Bonchev–Trinajstić information content (AvgIpc) is 3.34. The Hall–Kier alpha value is -1.62. The van der Waals surface area contributed by atoms with Gasteiger partial charge in [0, 0.05) is 31.0 Å². The van der Waals surface area contributed by atoms with Gasteiger partial charge in [0.1, 0.15) is 0 Å². The topological polar surface area (TPSA) is 47.7 Å². The van der Waals surface area contributed by atoms with Gasteiger partial charge in [-0.1, -0.05) is 0 Å². The second kappa shape index (κ2) is 4.49. The zero-order valence-corrected chi connectivity index (χ0v) is 11.0. The zero-order valence-electron chi connectivity index (χ0n) is 11.0. The van der Waals surface area contributed by atoms with Gasteiger partial charge in [0.05, 0.1) is 30.6 Å². The number of nitrogens with one attached hydrogen (secondary N) is 1. The summed E-state index contributed by atoms with van der Waals surface area (Å²) < 4.78 is 4.46. The van der Waals surface area contributed by atoms with E-state index in [2.05, 4.69) is 30.6 Å². The number of nitrogens with zero attached hydrogens (tertiary/aromatic N) is 4. The molecule has 2 saturated carbocycles. The molecule has 0 unspecified atom stereocenters. The van der Waals surface area contributed by atoms with Gasteiger partial charge >= 0.3 is 0 Å². The first-order valence-electron chi connectivity index (χ1n) is 7.13. The number of hydrogen-bond donors (Lipinski definition) is 1. The van der Waals surface area contributed by atoms with Gasteiger partial charge < -0.3 is 14.5 Å². The van der Waals surface area contributed by atoms with Crippen molar-refractivity contribution in [3.8, 4) is 0 Å². The molecular formula is C14H19N5. The Kier molecular flexibility index (Phi) is 2.65. The SMILES string of the molecule is c1ncn(C2CC2)c1Cn1cnc(CNC2CC2)c1. The minimum absolute atomic E-state index is 0.692. The fourth-order valence-electron chi connectivity index (χ4n) is 2.44. The molecule has 2 heterocycles. The van der Waals surface area contributed by atoms with Crippen LogP contribution < -0.4 is 5.32 Å². The molecule has 0 atom stereocenters. The first-order chi connectivity index (χ1) is 9.38. The number of hydrogen-bond acceptors (Lipinski definition) is 3. The average molecular weight is 257 g/mol. The summed E-state index contributed by atoms with van der Waals surface area (Å²) in [7, 11) is 0. The van der Waals surface area contributed by atoms with E-state index in [1.807, 2.05) is 18.9 Å². The third kappa shape index (κ3) is 2.56. The number of imidazole rings is 2. The predicted molar refractivity (Wildman–Crippen MR) is 71.7 cm³/mol. The molecule has 1 N–H and O–H groups in total. The van der Waals surface area contributed by atoms with Crippen LogP contribution in [0.2, 0.25) is 0 Å². The third-order valence-electron chi connectivity index (χ3n) is 3.87. The molecule has 0 aromatic carbocycles. The van der Waals surface area contributed by atoms with Crippen molar-refractivity contribution in [3.63, 3.8) is 0 Å². The smallest absolute Gasteiger partial charge is 0.0953 e. The van der Waals surface area contributed by atoms with Gasteiger partial charge in [-0.05, 0) is 25.7 Å². The van der Waals surface area contributed by atoms with E-state index in [0.29, 0.717) is 6.04 Å². The highest BCUT2D eigenvalue weighted by atomic mass is 15.1. The molecule has 0 radical (unpaired) electrons.